The molecule has 3 aromatic rings. The summed E-state index contributed by atoms with van der Waals surface area (Å²) in [4.78, 5) is 12.3. The molecule has 0 aromatic heterocycles. The number of carbonyl (C=O) groups is 1. The predicted octanol–water partition coefficient (Wildman–Crippen LogP) is 4.88. The highest BCUT2D eigenvalue weighted by molar-refractivity contribution is 5.94. The maximum absolute atomic E-state index is 12.3. The van der Waals surface area contributed by atoms with Crippen molar-refractivity contribution in [2.75, 3.05) is 23.8 Å². The van der Waals surface area contributed by atoms with Gasteiger partial charge in [-0.25, -0.2) is 0 Å². The van der Waals surface area contributed by atoms with Crippen molar-refractivity contribution in [2.24, 2.45) is 0 Å². The molecule has 0 unspecified atom stereocenters. The maximum atomic E-state index is 12.3. The van der Waals surface area contributed by atoms with Gasteiger partial charge >= 0.3 is 0 Å². The molecule has 5 nitrogen and oxygen atoms in total. The van der Waals surface area contributed by atoms with Gasteiger partial charge in [0.1, 0.15) is 24.7 Å². The van der Waals surface area contributed by atoms with Crippen LogP contribution < -0.4 is 20.1 Å². The van der Waals surface area contributed by atoms with E-state index in [2.05, 4.69) is 17.2 Å². The molecule has 0 heterocycles. The smallest absolute Gasteiger partial charge is 0.243 e. The molecule has 0 atom stereocenters. The summed E-state index contributed by atoms with van der Waals surface area (Å²) in [6, 6.07) is 24.8. The lowest BCUT2D eigenvalue weighted by Gasteiger charge is -2.13. The first kappa shape index (κ1) is 20.0. The lowest BCUT2D eigenvalue weighted by molar-refractivity contribution is -0.114. The quantitative estimate of drug-likeness (QED) is 0.486. The van der Waals surface area contributed by atoms with Gasteiger partial charge in [-0.15, -0.1) is 0 Å². The van der Waals surface area contributed by atoms with Gasteiger partial charge in [-0.1, -0.05) is 61.2 Å². The number of hydrogen-bond donors (Lipinski definition) is 2. The first-order valence-corrected chi connectivity index (χ1v) is 9.38. The molecule has 0 fully saturated rings. The molecule has 5 heteroatoms. The van der Waals surface area contributed by atoms with E-state index >= 15 is 0 Å². The van der Waals surface area contributed by atoms with Crippen molar-refractivity contribution < 1.29 is 14.3 Å². The second-order valence-corrected chi connectivity index (χ2v) is 6.30. The van der Waals surface area contributed by atoms with Crippen LogP contribution >= 0.6 is 0 Å². The fourth-order valence-electron chi connectivity index (χ4n) is 2.67. The van der Waals surface area contributed by atoms with Crippen molar-refractivity contribution in [3.05, 3.63) is 97.1 Å². The van der Waals surface area contributed by atoms with Crippen molar-refractivity contribution in [1.29, 1.82) is 0 Å². The molecular weight excluding hydrogens is 364 g/mol. The number of nitrogens with one attached hydrogen (secondary N) is 2. The Balaban J connectivity index is 1.52. The van der Waals surface area contributed by atoms with E-state index in [0.717, 1.165) is 11.3 Å². The zero-order valence-corrected chi connectivity index (χ0v) is 16.1. The number of anilines is 2. The van der Waals surface area contributed by atoms with Gasteiger partial charge in [0.05, 0.1) is 12.2 Å². The summed E-state index contributed by atoms with van der Waals surface area (Å²) in [7, 11) is 0. The SMILES string of the molecule is C=CCOc1ccccc1NCC(=O)Nc1cccc(OCc2ccccc2)c1. The van der Waals surface area contributed by atoms with Crippen LogP contribution in [0.1, 0.15) is 5.56 Å². The molecule has 0 saturated heterocycles. The number of benzene rings is 3. The number of carbonyl (C=O) groups excluding carboxylic acids is 1. The molecule has 0 radical (unpaired) electrons. The Hall–Kier alpha value is -3.73. The minimum atomic E-state index is -0.163. The van der Waals surface area contributed by atoms with Gasteiger partial charge in [0.25, 0.3) is 0 Å². The van der Waals surface area contributed by atoms with Crippen LogP contribution in [0.15, 0.2) is 91.5 Å². The highest BCUT2D eigenvalue weighted by Gasteiger charge is 2.07. The number of rotatable bonds is 10. The van der Waals surface area contributed by atoms with E-state index in [9.17, 15) is 4.79 Å². The van der Waals surface area contributed by atoms with Crippen molar-refractivity contribution in [1.82, 2.24) is 0 Å². The molecule has 3 rings (SSSR count). The van der Waals surface area contributed by atoms with Crippen LogP contribution in [0.5, 0.6) is 11.5 Å². The summed E-state index contributed by atoms with van der Waals surface area (Å²) < 4.78 is 11.4. The first-order valence-electron chi connectivity index (χ1n) is 9.38. The van der Waals surface area contributed by atoms with Gasteiger partial charge < -0.3 is 20.1 Å². The largest absolute Gasteiger partial charge is 0.489 e. The topological polar surface area (TPSA) is 59.6 Å². The second kappa shape index (κ2) is 10.6. The lowest BCUT2D eigenvalue weighted by atomic mass is 10.2. The maximum Gasteiger partial charge on any atom is 0.243 e. The standard InChI is InChI=1S/C24H24N2O3/c1-2-15-28-23-14-7-6-13-22(23)25-17-24(27)26-20-11-8-12-21(16-20)29-18-19-9-4-3-5-10-19/h2-14,16,25H,1,15,17-18H2,(H,26,27). The van der Waals surface area contributed by atoms with E-state index in [0.29, 0.717) is 30.4 Å². The van der Waals surface area contributed by atoms with E-state index < -0.39 is 0 Å². The van der Waals surface area contributed by atoms with E-state index in [4.69, 9.17) is 9.47 Å². The van der Waals surface area contributed by atoms with Crippen molar-refractivity contribution >= 4 is 17.3 Å². The number of para-hydroxylation sites is 2. The van der Waals surface area contributed by atoms with E-state index in [1.165, 1.54) is 0 Å². The summed E-state index contributed by atoms with van der Waals surface area (Å²) in [5.74, 6) is 1.21. The van der Waals surface area contributed by atoms with Crippen LogP contribution in [-0.4, -0.2) is 19.1 Å². The molecular formula is C24H24N2O3. The summed E-state index contributed by atoms with van der Waals surface area (Å²) in [6.45, 7) is 4.64. The van der Waals surface area contributed by atoms with Crippen molar-refractivity contribution in [3.8, 4) is 11.5 Å². The highest BCUT2D eigenvalue weighted by Crippen LogP contribution is 2.23. The number of amides is 1. The Morgan fingerprint density at radius 3 is 2.55 bits per heavy atom. The zero-order valence-electron chi connectivity index (χ0n) is 16.1. The highest BCUT2D eigenvalue weighted by atomic mass is 16.5. The zero-order chi connectivity index (χ0) is 20.3. The Bertz CT molecular complexity index is 942. The minimum Gasteiger partial charge on any atom is -0.489 e. The molecule has 0 saturated carbocycles. The molecule has 0 aliphatic heterocycles. The summed E-state index contributed by atoms with van der Waals surface area (Å²) in [5, 5.41) is 5.98. The molecule has 0 aliphatic carbocycles. The summed E-state index contributed by atoms with van der Waals surface area (Å²) in [6.07, 6.45) is 1.68. The van der Waals surface area contributed by atoms with Crippen LogP contribution in [0.4, 0.5) is 11.4 Å². The molecule has 0 spiro atoms. The predicted molar refractivity (Wildman–Crippen MR) is 116 cm³/mol. The van der Waals surface area contributed by atoms with Gasteiger partial charge in [-0.2, -0.15) is 0 Å². The molecule has 0 bridgehead atoms. The Labute approximate surface area is 171 Å². The lowest BCUT2D eigenvalue weighted by Crippen LogP contribution is -2.22. The second-order valence-electron chi connectivity index (χ2n) is 6.30. The minimum absolute atomic E-state index is 0.115. The fourth-order valence-corrected chi connectivity index (χ4v) is 2.67. The third kappa shape index (κ3) is 6.43. The van der Waals surface area contributed by atoms with Gasteiger partial charge in [0.15, 0.2) is 0 Å². The van der Waals surface area contributed by atoms with Crippen molar-refractivity contribution in [3.63, 3.8) is 0 Å². The van der Waals surface area contributed by atoms with Gasteiger partial charge in [-0.3, -0.25) is 4.79 Å². The molecule has 2 N–H and O–H groups in total. The van der Waals surface area contributed by atoms with Crippen LogP contribution in [0.2, 0.25) is 0 Å². The van der Waals surface area contributed by atoms with Crippen LogP contribution in [0.25, 0.3) is 0 Å². The monoisotopic (exact) mass is 388 g/mol. The molecule has 29 heavy (non-hydrogen) atoms. The van der Waals surface area contributed by atoms with Crippen LogP contribution in [0.3, 0.4) is 0 Å². The Morgan fingerprint density at radius 1 is 0.931 bits per heavy atom. The average Bonchev–Trinajstić information content (AvgIpc) is 2.76. The third-order valence-electron chi connectivity index (χ3n) is 4.05. The molecule has 1 amide bonds. The van der Waals surface area contributed by atoms with Gasteiger partial charge in [0.2, 0.25) is 5.91 Å². The third-order valence-corrected chi connectivity index (χ3v) is 4.05. The molecule has 148 valence electrons. The number of hydrogen-bond acceptors (Lipinski definition) is 4. The Kier molecular flexibility index (Phi) is 7.29. The first-order chi connectivity index (χ1) is 14.2. The normalized spacial score (nSPS) is 10.1. The van der Waals surface area contributed by atoms with Crippen LogP contribution in [-0.2, 0) is 11.4 Å². The van der Waals surface area contributed by atoms with E-state index in [1.54, 1.807) is 6.08 Å². The average molecular weight is 388 g/mol. The molecule has 3 aromatic carbocycles. The van der Waals surface area contributed by atoms with Gasteiger partial charge in [0, 0.05) is 11.8 Å². The summed E-state index contributed by atoms with van der Waals surface area (Å²) >= 11 is 0. The van der Waals surface area contributed by atoms with Crippen LogP contribution in [0, 0.1) is 0 Å². The van der Waals surface area contributed by atoms with Gasteiger partial charge in [-0.05, 0) is 29.8 Å². The number of ether oxygens (including phenoxy) is 2. The fraction of sp³-hybridized carbons (Fsp3) is 0.125. The molecule has 0 aliphatic rings. The van der Waals surface area contributed by atoms with E-state index in [-0.39, 0.29) is 12.5 Å². The summed E-state index contributed by atoms with van der Waals surface area (Å²) in [5.41, 5.74) is 2.52. The van der Waals surface area contributed by atoms with E-state index in [1.807, 2.05) is 78.9 Å². The Morgan fingerprint density at radius 2 is 1.72 bits per heavy atom. The van der Waals surface area contributed by atoms with Crippen molar-refractivity contribution in [2.45, 2.75) is 6.61 Å².